The standard InChI is InChI=1S/C10H10ClN3.CH4O/c11-8-4-7-2-1-6(5-12)3-9(7)14-10(8)13;1-2/h1-4H,5,12H2,(H2,13,14);2H,1H3. The molecule has 0 fully saturated rings. The minimum Gasteiger partial charge on any atom is -0.400 e. The SMILES string of the molecule is CO.NCc1ccc2cc(Cl)c(N)nc2c1. The monoisotopic (exact) mass is 239 g/mol. The Kier molecular flexibility index (Phi) is 4.49. The van der Waals surface area contributed by atoms with E-state index < -0.39 is 0 Å². The molecule has 16 heavy (non-hydrogen) atoms. The van der Waals surface area contributed by atoms with Crippen molar-refractivity contribution in [2.24, 2.45) is 5.73 Å². The molecule has 0 saturated carbocycles. The molecule has 5 heteroatoms. The number of nitrogens with two attached hydrogens (primary N) is 2. The Morgan fingerprint density at radius 1 is 1.31 bits per heavy atom. The molecular formula is C11H14ClN3O. The first-order valence-corrected chi connectivity index (χ1v) is 5.08. The van der Waals surface area contributed by atoms with Crippen LogP contribution in [0.4, 0.5) is 5.82 Å². The number of aromatic nitrogens is 1. The summed E-state index contributed by atoms with van der Waals surface area (Å²) in [6, 6.07) is 7.62. The number of fused-ring (bicyclic) bond motifs is 1. The molecule has 0 amide bonds. The second kappa shape index (κ2) is 5.65. The van der Waals surface area contributed by atoms with Gasteiger partial charge in [-0.25, -0.2) is 4.98 Å². The van der Waals surface area contributed by atoms with Crippen LogP contribution in [0.3, 0.4) is 0 Å². The number of hydrogen-bond acceptors (Lipinski definition) is 4. The molecule has 1 heterocycles. The molecule has 0 aliphatic rings. The van der Waals surface area contributed by atoms with Crippen molar-refractivity contribution in [2.45, 2.75) is 6.54 Å². The predicted octanol–water partition coefficient (Wildman–Crippen LogP) is 1.54. The first kappa shape index (κ1) is 12.7. The number of nitrogen functional groups attached to an aromatic ring is 1. The van der Waals surface area contributed by atoms with Crippen LogP contribution < -0.4 is 11.5 Å². The van der Waals surface area contributed by atoms with Crippen LogP contribution in [0.1, 0.15) is 5.56 Å². The Bertz CT molecular complexity index is 488. The van der Waals surface area contributed by atoms with E-state index in [4.69, 9.17) is 28.2 Å². The predicted molar refractivity (Wildman–Crippen MR) is 67.2 cm³/mol. The van der Waals surface area contributed by atoms with Gasteiger partial charge in [-0.1, -0.05) is 23.7 Å². The third-order valence-electron chi connectivity index (χ3n) is 2.10. The summed E-state index contributed by atoms with van der Waals surface area (Å²) in [5.41, 5.74) is 13.0. The summed E-state index contributed by atoms with van der Waals surface area (Å²) in [7, 11) is 1.00. The Balaban J connectivity index is 0.000000606. The molecule has 0 spiro atoms. The molecule has 0 unspecified atom stereocenters. The normalized spacial score (nSPS) is 9.75. The smallest absolute Gasteiger partial charge is 0.142 e. The molecule has 1 aromatic heterocycles. The maximum atomic E-state index is 7.00. The quantitative estimate of drug-likeness (QED) is 0.705. The number of pyridine rings is 1. The number of hydrogen-bond donors (Lipinski definition) is 3. The topological polar surface area (TPSA) is 85.2 Å². The van der Waals surface area contributed by atoms with Crippen molar-refractivity contribution in [2.75, 3.05) is 12.8 Å². The van der Waals surface area contributed by atoms with Gasteiger partial charge in [0.15, 0.2) is 0 Å². The lowest BCUT2D eigenvalue weighted by molar-refractivity contribution is 0.399. The summed E-state index contributed by atoms with van der Waals surface area (Å²) in [6.07, 6.45) is 0. The summed E-state index contributed by atoms with van der Waals surface area (Å²) in [5.74, 6) is 0.355. The zero-order valence-corrected chi connectivity index (χ0v) is 9.70. The third-order valence-corrected chi connectivity index (χ3v) is 2.40. The number of rotatable bonds is 1. The summed E-state index contributed by atoms with van der Waals surface area (Å²) >= 11 is 5.85. The van der Waals surface area contributed by atoms with Gasteiger partial charge >= 0.3 is 0 Å². The van der Waals surface area contributed by atoms with Crippen LogP contribution in [0.2, 0.25) is 5.02 Å². The Morgan fingerprint density at radius 3 is 2.62 bits per heavy atom. The first-order valence-electron chi connectivity index (χ1n) is 4.70. The highest BCUT2D eigenvalue weighted by atomic mass is 35.5. The van der Waals surface area contributed by atoms with Crippen LogP contribution in [0.15, 0.2) is 24.3 Å². The molecule has 0 bridgehead atoms. The van der Waals surface area contributed by atoms with Gasteiger partial charge in [0.1, 0.15) is 5.82 Å². The number of nitrogens with zero attached hydrogens (tertiary/aromatic N) is 1. The van der Waals surface area contributed by atoms with E-state index in [2.05, 4.69) is 4.98 Å². The summed E-state index contributed by atoms with van der Waals surface area (Å²) < 4.78 is 0. The lowest BCUT2D eigenvalue weighted by Crippen LogP contribution is -1.97. The Hall–Kier alpha value is -1.36. The number of benzene rings is 1. The molecule has 0 aliphatic carbocycles. The van der Waals surface area contributed by atoms with Crippen LogP contribution in [0, 0.1) is 0 Å². The van der Waals surface area contributed by atoms with E-state index in [1.54, 1.807) is 6.07 Å². The van der Waals surface area contributed by atoms with Crippen molar-refractivity contribution >= 4 is 28.3 Å². The molecule has 4 nitrogen and oxygen atoms in total. The van der Waals surface area contributed by atoms with E-state index in [0.717, 1.165) is 23.6 Å². The second-order valence-corrected chi connectivity index (χ2v) is 3.49. The van der Waals surface area contributed by atoms with Crippen LogP contribution in [-0.2, 0) is 6.54 Å². The van der Waals surface area contributed by atoms with Gasteiger partial charge < -0.3 is 16.6 Å². The third kappa shape index (κ3) is 2.61. The van der Waals surface area contributed by atoms with Crippen LogP contribution in [0.25, 0.3) is 10.9 Å². The molecule has 0 aliphatic heterocycles. The first-order chi connectivity index (χ1) is 7.70. The number of aliphatic hydroxyl groups is 1. The Morgan fingerprint density at radius 2 is 2.00 bits per heavy atom. The number of aliphatic hydroxyl groups excluding tert-OH is 1. The van der Waals surface area contributed by atoms with Gasteiger partial charge in [-0.05, 0) is 17.7 Å². The van der Waals surface area contributed by atoms with E-state index in [-0.39, 0.29) is 0 Å². The highest BCUT2D eigenvalue weighted by molar-refractivity contribution is 6.33. The molecule has 0 saturated heterocycles. The minimum absolute atomic E-state index is 0.355. The zero-order chi connectivity index (χ0) is 12.1. The molecule has 0 radical (unpaired) electrons. The molecule has 2 rings (SSSR count). The molecule has 1 aromatic carbocycles. The summed E-state index contributed by atoms with van der Waals surface area (Å²) in [5, 5.41) is 8.46. The molecule has 5 N–H and O–H groups in total. The fourth-order valence-corrected chi connectivity index (χ4v) is 1.49. The van der Waals surface area contributed by atoms with Crippen LogP contribution in [0.5, 0.6) is 0 Å². The fraction of sp³-hybridized carbons (Fsp3) is 0.182. The van der Waals surface area contributed by atoms with Gasteiger partial charge in [0, 0.05) is 19.0 Å². The second-order valence-electron chi connectivity index (χ2n) is 3.09. The van der Waals surface area contributed by atoms with Crippen LogP contribution in [-0.4, -0.2) is 17.2 Å². The lowest BCUT2D eigenvalue weighted by atomic mass is 10.1. The molecule has 0 atom stereocenters. The highest BCUT2D eigenvalue weighted by Crippen LogP contribution is 2.23. The van der Waals surface area contributed by atoms with E-state index in [0.29, 0.717) is 17.4 Å². The van der Waals surface area contributed by atoms with Crippen molar-refractivity contribution in [1.82, 2.24) is 4.98 Å². The number of halogens is 1. The van der Waals surface area contributed by atoms with E-state index >= 15 is 0 Å². The van der Waals surface area contributed by atoms with Crippen molar-refractivity contribution < 1.29 is 5.11 Å². The maximum absolute atomic E-state index is 7.00. The highest BCUT2D eigenvalue weighted by Gasteiger charge is 2.01. The average Bonchev–Trinajstić information content (AvgIpc) is 2.33. The Labute approximate surface area is 98.8 Å². The van der Waals surface area contributed by atoms with Crippen molar-refractivity contribution in [3.05, 3.63) is 34.9 Å². The van der Waals surface area contributed by atoms with Gasteiger partial charge in [0.2, 0.25) is 0 Å². The van der Waals surface area contributed by atoms with E-state index in [1.807, 2.05) is 18.2 Å². The zero-order valence-electron chi connectivity index (χ0n) is 8.94. The minimum atomic E-state index is 0.355. The van der Waals surface area contributed by atoms with E-state index in [9.17, 15) is 0 Å². The van der Waals surface area contributed by atoms with Gasteiger partial charge in [0.25, 0.3) is 0 Å². The van der Waals surface area contributed by atoms with Crippen molar-refractivity contribution in [3.8, 4) is 0 Å². The number of anilines is 1. The molecular weight excluding hydrogens is 226 g/mol. The molecule has 86 valence electrons. The summed E-state index contributed by atoms with van der Waals surface area (Å²) in [6.45, 7) is 0.500. The van der Waals surface area contributed by atoms with Gasteiger partial charge in [-0.3, -0.25) is 0 Å². The van der Waals surface area contributed by atoms with Crippen molar-refractivity contribution in [1.29, 1.82) is 0 Å². The average molecular weight is 240 g/mol. The lowest BCUT2D eigenvalue weighted by Gasteiger charge is -2.03. The maximum Gasteiger partial charge on any atom is 0.142 e. The van der Waals surface area contributed by atoms with E-state index in [1.165, 1.54) is 0 Å². The largest absolute Gasteiger partial charge is 0.400 e. The molecule has 2 aromatic rings. The van der Waals surface area contributed by atoms with Crippen molar-refractivity contribution in [3.63, 3.8) is 0 Å². The van der Waals surface area contributed by atoms with Gasteiger partial charge in [-0.2, -0.15) is 0 Å². The summed E-state index contributed by atoms with van der Waals surface area (Å²) in [4.78, 5) is 4.17. The van der Waals surface area contributed by atoms with Gasteiger partial charge in [0.05, 0.1) is 10.5 Å². The van der Waals surface area contributed by atoms with Crippen LogP contribution >= 0.6 is 11.6 Å². The fourth-order valence-electron chi connectivity index (χ4n) is 1.33. The van der Waals surface area contributed by atoms with Gasteiger partial charge in [-0.15, -0.1) is 0 Å².